The van der Waals surface area contributed by atoms with E-state index in [9.17, 15) is 4.79 Å². The van der Waals surface area contributed by atoms with Crippen molar-refractivity contribution < 1.29 is 9.53 Å². The second kappa shape index (κ2) is 7.59. The molecule has 0 radical (unpaired) electrons. The molecule has 1 aromatic heterocycles. The van der Waals surface area contributed by atoms with Crippen LogP contribution in [-0.2, 0) is 4.79 Å². The molecule has 5 rings (SSSR count). The number of hydrogen-bond donors (Lipinski definition) is 1. The predicted molar refractivity (Wildman–Crippen MR) is 105 cm³/mol. The molecule has 1 aromatic rings. The van der Waals surface area contributed by atoms with Crippen molar-refractivity contribution in [2.75, 3.05) is 26.2 Å². The van der Waals surface area contributed by atoms with Gasteiger partial charge in [-0.05, 0) is 41.8 Å². The average Bonchev–Trinajstić information content (AvgIpc) is 3.60. The van der Waals surface area contributed by atoms with Gasteiger partial charge in [-0.15, -0.1) is 0 Å². The fourth-order valence-corrected chi connectivity index (χ4v) is 4.19. The maximum atomic E-state index is 12.2. The standard InChI is InChI=1S/C13H19N3O2Si.C7H6/c17-13(12-9-19-12)16-5-4-15-6-10(16)8-18-11-2-1-3-14-7-11;1-5-2-3-6-4-7(5)6/h1-3,7,10,12,15H,4-6,8-9,19H2;2-4H,1H3. The molecule has 136 valence electrons. The molecule has 2 fully saturated rings. The van der Waals surface area contributed by atoms with Gasteiger partial charge in [0.2, 0.25) is 5.91 Å². The number of nitrogens with one attached hydrogen (secondary N) is 1. The van der Waals surface area contributed by atoms with Crippen LogP contribution < -0.4 is 10.1 Å². The molecule has 0 spiro atoms. The Morgan fingerprint density at radius 1 is 1.42 bits per heavy atom. The number of hydrogen-bond acceptors (Lipinski definition) is 4. The molecule has 0 saturated carbocycles. The fraction of sp³-hybridized carbons (Fsp3) is 0.400. The Morgan fingerprint density at radius 3 is 2.88 bits per heavy atom. The minimum absolute atomic E-state index is 0.0615. The van der Waals surface area contributed by atoms with Gasteiger partial charge in [0.25, 0.3) is 0 Å². The van der Waals surface area contributed by atoms with Crippen LogP contribution in [0.4, 0.5) is 0 Å². The summed E-state index contributed by atoms with van der Waals surface area (Å²) in [5.41, 5.74) is 4.76. The van der Waals surface area contributed by atoms with Crippen molar-refractivity contribution in [3.63, 3.8) is 0 Å². The van der Waals surface area contributed by atoms with Gasteiger partial charge in [-0.1, -0.05) is 18.2 Å². The summed E-state index contributed by atoms with van der Waals surface area (Å²) < 4.78 is 5.74. The average molecular weight is 368 g/mol. The number of rotatable bonds is 4. The van der Waals surface area contributed by atoms with E-state index in [0.717, 1.165) is 25.4 Å². The summed E-state index contributed by atoms with van der Waals surface area (Å²) in [6.45, 7) is 5.20. The largest absolute Gasteiger partial charge is 0.490 e. The third-order valence-corrected chi connectivity index (χ3v) is 6.61. The quantitative estimate of drug-likeness (QED) is 0.712. The Balaban J connectivity index is 0.000000198. The molecule has 0 bridgehead atoms. The second-order valence-corrected chi connectivity index (χ2v) is 9.33. The minimum Gasteiger partial charge on any atom is -0.490 e. The molecule has 2 atom stereocenters. The zero-order valence-electron chi connectivity index (χ0n) is 15.1. The SMILES string of the molecule is Cc1ccc2cc1-2.O=C(C1C[SiH2]1)N1CCNCC1COc1cccnc1. The lowest BCUT2D eigenvalue weighted by Gasteiger charge is -2.36. The molecule has 2 aliphatic carbocycles. The first kappa shape index (κ1) is 17.2. The molecule has 2 saturated heterocycles. The molecule has 5 nitrogen and oxygen atoms in total. The zero-order chi connectivity index (χ0) is 17.9. The van der Waals surface area contributed by atoms with Crippen LogP contribution in [0.3, 0.4) is 0 Å². The summed E-state index contributed by atoms with van der Waals surface area (Å²) in [7, 11) is -0.0615. The van der Waals surface area contributed by atoms with Crippen LogP contribution in [0.5, 0.6) is 5.75 Å². The lowest BCUT2D eigenvalue weighted by molar-refractivity contribution is -0.133. The Kier molecular flexibility index (Phi) is 5.04. The zero-order valence-corrected chi connectivity index (χ0v) is 16.6. The topological polar surface area (TPSA) is 54.5 Å². The summed E-state index contributed by atoms with van der Waals surface area (Å²) >= 11 is 0. The lowest BCUT2D eigenvalue weighted by Crippen LogP contribution is -2.56. The van der Waals surface area contributed by atoms with Crippen LogP contribution in [0.25, 0.3) is 11.1 Å². The van der Waals surface area contributed by atoms with Gasteiger partial charge in [0, 0.05) is 40.9 Å². The van der Waals surface area contributed by atoms with E-state index in [1.807, 2.05) is 17.0 Å². The number of aromatic nitrogens is 1. The minimum atomic E-state index is -0.0615. The Bertz CT molecular complexity index is 780. The highest BCUT2D eigenvalue weighted by atomic mass is 28.2. The number of amides is 1. The molecule has 3 heterocycles. The lowest BCUT2D eigenvalue weighted by atomic mass is 10.2. The van der Waals surface area contributed by atoms with Crippen molar-refractivity contribution in [1.29, 1.82) is 0 Å². The van der Waals surface area contributed by atoms with Crippen molar-refractivity contribution >= 4 is 15.4 Å². The third-order valence-electron chi connectivity index (χ3n) is 5.10. The van der Waals surface area contributed by atoms with Crippen molar-refractivity contribution in [3.8, 4) is 16.9 Å². The number of aryl methyl sites for hydroxylation is 1. The summed E-state index contributed by atoms with van der Waals surface area (Å²) in [6.07, 6.45) is 3.43. The molecular weight excluding hydrogens is 342 g/mol. The molecule has 6 heteroatoms. The molecule has 2 aliphatic heterocycles. The van der Waals surface area contributed by atoms with Gasteiger partial charge in [0.1, 0.15) is 12.4 Å². The van der Waals surface area contributed by atoms with Crippen LogP contribution in [-0.4, -0.2) is 57.6 Å². The predicted octanol–water partition coefficient (Wildman–Crippen LogP) is 1.63. The number of nitrogens with zero attached hydrogens (tertiary/aromatic N) is 2. The van der Waals surface area contributed by atoms with E-state index in [2.05, 4.69) is 35.4 Å². The van der Waals surface area contributed by atoms with E-state index >= 15 is 0 Å². The monoisotopic (exact) mass is 367 g/mol. The first-order valence-corrected chi connectivity index (χ1v) is 11.2. The molecule has 26 heavy (non-hydrogen) atoms. The first-order chi connectivity index (χ1) is 12.7. The number of piperazine rings is 1. The maximum Gasteiger partial charge on any atom is 0.222 e. The Labute approximate surface area is 156 Å². The third kappa shape index (κ3) is 4.13. The van der Waals surface area contributed by atoms with Crippen LogP contribution in [0, 0.1) is 6.92 Å². The van der Waals surface area contributed by atoms with E-state index in [0.29, 0.717) is 18.1 Å². The molecule has 2 unspecified atom stereocenters. The van der Waals surface area contributed by atoms with Gasteiger partial charge in [-0.3, -0.25) is 9.78 Å². The summed E-state index contributed by atoms with van der Waals surface area (Å²) in [4.78, 5) is 18.3. The van der Waals surface area contributed by atoms with Crippen LogP contribution in [0.1, 0.15) is 5.56 Å². The Hall–Kier alpha value is -2.18. The number of ether oxygens (including phenoxy) is 1. The highest BCUT2D eigenvalue weighted by Crippen LogP contribution is 2.37. The number of pyridine rings is 1. The number of carbonyl (C=O) groups excluding carboxylic acids is 1. The van der Waals surface area contributed by atoms with Crippen LogP contribution in [0.2, 0.25) is 11.6 Å². The molecular formula is C20H25N3O2Si. The van der Waals surface area contributed by atoms with Crippen molar-refractivity contribution in [3.05, 3.63) is 48.3 Å². The van der Waals surface area contributed by atoms with Crippen molar-refractivity contribution in [1.82, 2.24) is 15.2 Å². The van der Waals surface area contributed by atoms with E-state index in [4.69, 9.17) is 4.74 Å². The van der Waals surface area contributed by atoms with Gasteiger partial charge < -0.3 is 15.0 Å². The maximum absolute atomic E-state index is 12.2. The first-order valence-electron chi connectivity index (χ1n) is 9.37. The highest BCUT2D eigenvalue weighted by molar-refractivity contribution is 6.57. The molecule has 4 aliphatic rings. The van der Waals surface area contributed by atoms with Crippen LogP contribution in [0.15, 0.2) is 42.7 Å². The second-order valence-electron chi connectivity index (χ2n) is 7.19. The number of fused-ring (bicyclic) bond motifs is 1. The Morgan fingerprint density at radius 2 is 2.31 bits per heavy atom. The van der Waals surface area contributed by atoms with E-state index in [-0.39, 0.29) is 15.6 Å². The van der Waals surface area contributed by atoms with Gasteiger partial charge >= 0.3 is 0 Å². The summed E-state index contributed by atoms with van der Waals surface area (Å²) in [6, 6.07) is 11.6. The van der Waals surface area contributed by atoms with Gasteiger partial charge in [-0.2, -0.15) is 0 Å². The van der Waals surface area contributed by atoms with Gasteiger partial charge in [-0.25, -0.2) is 0 Å². The molecule has 1 amide bonds. The van der Waals surface area contributed by atoms with E-state index in [1.165, 1.54) is 22.7 Å². The number of carbonyl (C=O) groups is 1. The van der Waals surface area contributed by atoms with Crippen molar-refractivity contribution in [2.24, 2.45) is 0 Å². The van der Waals surface area contributed by atoms with Gasteiger partial charge in [0.05, 0.1) is 12.2 Å². The van der Waals surface area contributed by atoms with E-state index < -0.39 is 0 Å². The fourth-order valence-electron chi connectivity index (χ4n) is 3.29. The summed E-state index contributed by atoms with van der Waals surface area (Å²) in [5.74, 6) is 1.13. The normalized spacial score (nSPS) is 23.0. The van der Waals surface area contributed by atoms with Crippen molar-refractivity contribution in [2.45, 2.75) is 24.6 Å². The molecule has 0 aromatic carbocycles. The van der Waals surface area contributed by atoms with Gasteiger partial charge in [0.15, 0.2) is 0 Å². The molecule has 1 N–H and O–H groups in total. The smallest absolute Gasteiger partial charge is 0.222 e. The summed E-state index contributed by atoms with van der Waals surface area (Å²) in [5, 5.41) is 3.34. The highest BCUT2D eigenvalue weighted by Gasteiger charge is 2.37. The van der Waals surface area contributed by atoms with E-state index in [1.54, 1.807) is 12.4 Å². The van der Waals surface area contributed by atoms with Crippen LogP contribution >= 0.6 is 0 Å². The number of benzene rings is 1.